The third kappa shape index (κ3) is 1.22. The summed E-state index contributed by atoms with van der Waals surface area (Å²) in [6.45, 7) is 0.746. The molecule has 0 bridgehead atoms. The van der Waals surface area contributed by atoms with Crippen LogP contribution in [0.4, 0.5) is 0 Å². The van der Waals surface area contributed by atoms with Crippen LogP contribution in [0.2, 0.25) is 0 Å². The highest BCUT2D eigenvalue weighted by atomic mass is 16.2. The Morgan fingerprint density at radius 2 is 2.44 bits per heavy atom. The van der Waals surface area contributed by atoms with Crippen LogP contribution in [-0.4, -0.2) is 22.5 Å². The maximum Gasteiger partial charge on any atom is 0.226 e. The molecule has 0 aromatic rings. The van der Waals surface area contributed by atoms with Gasteiger partial charge in [-0.05, 0) is 6.42 Å². The van der Waals surface area contributed by atoms with Crippen LogP contribution in [-0.2, 0) is 4.79 Å². The van der Waals surface area contributed by atoms with Gasteiger partial charge in [0.1, 0.15) is 0 Å². The lowest BCUT2D eigenvalue weighted by atomic mass is 10.4. The van der Waals surface area contributed by atoms with Gasteiger partial charge in [0.25, 0.3) is 0 Å². The number of amides is 1. The van der Waals surface area contributed by atoms with Crippen molar-refractivity contribution < 1.29 is 9.90 Å². The number of rotatable bonds is 1. The van der Waals surface area contributed by atoms with E-state index < -0.39 is 0 Å². The summed E-state index contributed by atoms with van der Waals surface area (Å²) in [5, 5.41) is 8.27. The smallest absolute Gasteiger partial charge is 0.226 e. The number of aliphatic hydroxyl groups excluding tert-OH is 1. The number of nitrogens with zero attached hydrogens (tertiary/aromatic N) is 1. The summed E-state index contributed by atoms with van der Waals surface area (Å²) in [4.78, 5) is 12.2. The second-order valence-corrected chi connectivity index (χ2v) is 1.99. The van der Waals surface area contributed by atoms with Gasteiger partial charge in [0, 0.05) is 19.2 Å². The normalized spacial score (nSPS) is 20.0. The van der Waals surface area contributed by atoms with E-state index in [2.05, 4.69) is 0 Å². The van der Waals surface area contributed by atoms with Crippen LogP contribution in [0, 0.1) is 0 Å². The zero-order valence-electron chi connectivity index (χ0n) is 5.08. The molecule has 0 aliphatic carbocycles. The molecule has 0 saturated carbocycles. The Morgan fingerprint density at radius 3 is 2.89 bits per heavy atom. The van der Waals surface area contributed by atoms with E-state index in [0.29, 0.717) is 6.42 Å². The highest BCUT2D eigenvalue weighted by molar-refractivity contribution is 5.78. The van der Waals surface area contributed by atoms with E-state index in [9.17, 15) is 4.79 Å². The predicted molar refractivity (Wildman–Crippen MR) is 32.7 cm³/mol. The number of carbonyl (C=O) groups excluding carboxylic acids is 1. The summed E-state index contributed by atoms with van der Waals surface area (Å²) in [6, 6.07) is 0. The second-order valence-electron chi connectivity index (χ2n) is 1.99. The number of carbonyl (C=O) groups is 1. The van der Waals surface area contributed by atoms with E-state index >= 15 is 0 Å². The maximum absolute atomic E-state index is 10.7. The predicted octanol–water partition coefficient (Wildman–Crippen LogP) is 0.638. The lowest BCUT2D eigenvalue weighted by Crippen LogP contribution is -2.16. The van der Waals surface area contributed by atoms with Gasteiger partial charge in [0.15, 0.2) is 0 Å². The molecule has 50 valence electrons. The minimum Gasteiger partial charge on any atom is -0.514 e. The van der Waals surface area contributed by atoms with Gasteiger partial charge in [0.05, 0.1) is 6.26 Å². The average Bonchev–Trinajstić information content (AvgIpc) is 2.18. The van der Waals surface area contributed by atoms with Crippen molar-refractivity contribution in [3.8, 4) is 0 Å². The van der Waals surface area contributed by atoms with E-state index in [0.717, 1.165) is 19.2 Å². The van der Waals surface area contributed by atoms with Gasteiger partial charge in [-0.15, -0.1) is 0 Å². The number of hydrogen-bond donors (Lipinski definition) is 1. The van der Waals surface area contributed by atoms with Crippen molar-refractivity contribution in [1.29, 1.82) is 0 Å². The molecule has 3 nitrogen and oxygen atoms in total. The summed E-state index contributed by atoms with van der Waals surface area (Å²) in [6.07, 6.45) is 3.81. The minimum atomic E-state index is 0.0975. The molecule has 0 atom stereocenters. The third-order valence-electron chi connectivity index (χ3n) is 1.36. The molecule has 1 aliphatic rings. The van der Waals surface area contributed by atoms with Crippen LogP contribution >= 0.6 is 0 Å². The van der Waals surface area contributed by atoms with Crippen LogP contribution in [0.1, 0.15) is 12.8 Å². The van der Waals surface area contributed by atoms with Crippen molar-refractivity contribution in [2.45, 2.75) is 12.8 Å². The van der Waals surface area contributed by atoms with E-state index in [4.69, 9.17) is 5.11 Å². The highest BCUT2D eigenvalue weighted by Crippen LogP contribution is 2.08. The van der Waals surface area contributed by atoms with Gasteiger partial charge < -0.3 is 10.0 Å². The number of aliphatic hydroxyl groups is 1. The molecular formula is C6H9NO2. The topological polar surface area (TPSA) is 40.5 Å². The van der Waals surface area contributed by atoms with Gasteiger partial charge >= 0.3 is 0 Å². The first-order valence-electron chi connectivity index (χ1n) is 2.95. The molecule has 1 saturated heterocycles. The van der Waals surface area contributed by atoms with Crippen molar-refractivity contribution in [2.75, 3.05) is 6.54 Å². The van der Waals surface area contributed by atoms with Gasteiger partial charge in [-0.2, -0.15) is 0 Å². The molecule has 0 aromatic carbocycles. The van der Waals surface area contributed by atoms with E-state index in [1.165, 1.54) is 11.1 Å². The quantitative estimate of drug-likeness (QED) is 0.525. The Bertz CT molecular complexity index is 142. The zero-order valence-corrected chi connectivity index (χ0v) is 5.08. The van der Waals surface area contributed by atoms with Gasteiger partial charge in [-0.1, -0.05) is 0 Å². The summed E-state index contributed by atoms with van der Waals surface area (Å²) in [5.74, 6) is 0.0975. The van der Waals surface area contributed by atoms with Crippen LogP contribution in [0.15, 0.2) is 12.5 Å². The summed E-state index contributed by atoms with van der Waals surface area (Å²) >= 11 is 0. The molecule has 9 heavy (non-hydrogen) atoms. The number of hydrogen-bond acceptors (Lipinski definition) is 2. The van der Waals surface area contributed by atoms with Crippen LogP contribution in [0.25, 0.3) is 0 Å². The molecule has 0 aromatic heterocycles. The largest absolute Gasteiger partial charge is 0.514 e. The molecule has 1 aliphatic heterocycles. The lowest BCUT2D eigenvalue weighted by Gasteiger charge is -2.05. The zero-order chi connectivity index (χ0) is 6.69. The molecule has 0 spiro atoms. The fourth-order valence-electron chi connectivity index (χ4n) is 0.907. The fraction of sp³-hybridized carbons (Fsp3) is 0.500. The first kappa shape index (κ1) is 6.13. The molecule has 1 N–H and O–H groups in total. The fourth-order valence-corrected chi connectivity index (χ4v) is 0.907. The lowest BCUT2D eigenvalue weighted by molar-refractivity contribution is -0.125. The first-order chi connectivity index (χ1) is 4.34. The Labute approximate surface area is 53.6 Å². The molecule has 3 heteroatoms. The van der Waals surface area contributed by atoms with Gasteiger partial charge in [-0.25, -0.2) is 0 Å². The summed E-state index contributed by atoms with van der Waals surface area (Å²) in [5.41, 5.74) is 0. The molecule has 1 amide bonds. The van der Waals surface area contributed by atoms with Crippen molar-refractivity contribution in [3.63, 3.8) is 0 Å². The molecule has 0 radical (unpaired) electrons. The van der Waals surface area contributed by atoms with E-state index in [1.807, 2.05) is 0 Å². The van der Waals surface area contributed by atoms with E-state index in [1.54, 1.807) is 0 Å². The van der Waals surface area contributed by atoms with Crippen LogP contribution in [0.5, 0.6) is 0 Å². The summed E-state index contributed by atoms with van der Waals surface area (Å²) in [7, 11) is 0. The second kappa shape index (κ2) is 2.53. The van der Waals surface area contributed by atoms with Crippen molar-refractivity contribution in [2.24, 2.45) is 0 Å². The molecule has 1 rings (SSSR count). The van der Waals surface area contributed by atoms with Crippen molar-refractivity contribution >= 4 is 5.91 Å². The highest BCUT2D eigenvalue weighted by Gasteiger charge is 2.16. The molecule has 0 unspecified atom stereocenters. The monoisotopic (exact) mass is 127 g/mol. The Balaban J connectivity index is 2.49. The Kier molecular flexibility index (Phi) is 1.72. The van der Waals surface area contributed by atoms with Crippen molar-refractivity contribution in [1.82, 2.24) is 4.90 Å². The van der Waals surface area contributed by atoms with Crippen LogP contribution < -0.4 is 0 Å². The molecule has 1 fully saturated rings. The molecular weight excluding hydrogens is 118 g/mol. The van der Waals surface area contributed by atoms with Gasteiger partial charge in [0.2, 0.25) is 5.91 Å². The summed E-state index contributed by atoms with van der Waals surface area (Å²) < 4.78 is 0. The minimum absolute atomic E-state index is 0.0975. The van der Waals surface area contributed by atoms with Crippen LogP contribution in [0.3, 0.4) is 0 Å². The third-order valence-corrected chi connectivity index (χ3v) is 1.36. The maximum atomic E-state index is 10.7. The van der Waals surface area contributed by atoms with E-state index in [-0.39, 0.29) is 5.91 Å². The van der Waals surface area contributed by atoms with Crippen molar-refractivity contribution in [3.05, 3.63) is 12.5 Å². The molecule has 1 heterocycles. The Morgan fingerprint density at radius 1 is 1.67 bits per heavy atom. The Hall–Kier alpha value is -0.990. The average molecular weight is 127 g/mol. The first-order valence-corrected chi connectivity index (χ1v) is 2.95. The van der Waals surface area contributed by atoms with Gasteiger partial charge in [-0.3, -0.25) is 4.79 Å². The standard InChI is InChI=1S/C6H9NO2/c8-5-4-7-3-1-2-6(7)9/h4-5,8H,1-3H2. The number of likely N-dealkylation sites (tertiary alicyclic amines) is 1. The SMILES string of the molecule is O=C1CCCN1C=CO.